The second-order valence-electron chi connectivity index (χ2n) is 10.1. The molecule has 1 saturated heterocycles. The number of aromatic nitrogens is 1. The summed E-state index contributed by atoms with van der Waals surface area (Å²) in [6.45, 7) is 8.59. The number of carbonyl (C=O) groups excluding carboxylic acids is 2. The standard InChI is InChI=1S/C26H37N3O6/c1-17-14-29(18(2)16-30)25(32)21-12-19(6-9-26(3,4)33)13-27-23(21)35-22(17)15-28(5)24(31)20-7-10-34-11-8-20/h12-13,17-18,20,22,30,33H,7-8,10-11,14-16H2,1-5H3/t17-,18+,22+/m1/s1. The SMILES string of the molecule is C[C@@H]1CN([C@@H](C)CO)C(=O)c2cc(C#CC(C)(C)O)cnc2O[C@H]1CN(C)C(=O)C1CCOCC1. The van der Waals surface area contributed by atoms with E-state index < -0.39 is 17.7 Å². The summed E-state index contributed by atoms with van der Waals surface area (Å²) in [5.41, 5.74) is -0.482. The van der Waals surface area contributed by atoms with Crippen molar-refractivity contribution in [1.29, 1.82) is 0 Å². The lowest BCUT2D eigenvalue weighted by Crippen LogP contribution is -2.51. The Hall–Kier alpha value is -2.67. The van der Waals surface area contributed by atoms with Gasteiger partial charge >= 0.3 is 0 Å². The zero-order valence-electron chi connectivity index (χ0n) is 21.3. The van der Waals surface area contributed by atoms with Crippen LogP contribution in [0.4, 0.5) is 0 Å². The molecule has 1 fully saturated rings. The molecule has 2 aliphatic heterocycles. The zero-order chi connectivity index (χ0) is 25.8. The van der Waals surface area contributed by atoms with Crippen molar-refractivity contribution in [3.63, 3.8) is 0 Å². The lowest BCUT2D eigenvalue weighted by atomic mass is 9.97. The molecule has 0 radical (unpaired) electrons. The number of pyridine rings is 1. The highest BCUT2D eigenvalue weighted by Crippen LogP contribution is 2.28. The number of rotatable bonds is 5. The highest BCUT2D eigenvalue weighted by molar-refractivity contribution is 5.97. The first-order chi connectivity index (χ1) is 16.5. The van der Waals surface area contributed by atoms with Crippen molar-refractivity contribution >= 4 is 11.8 Å². The van der Waals surface area contributed by atoms with Crippen molar-refractivity contribution in [3.05, 3.63) is 23.4 Å². The normalized spacial score (nSPS) is 22.1. The van der Waals surface area contributed by atoms with E-state index in [4.69, 9.17) is 9.47 Å². The molecule has 0 spiro atoms. The Morgan fingerprint density at radius 2 is 2.06 bits per heavy atom. The molecule has 0 unspecified atom stereocenters. The van der Waals surface area contributed by atoms with Crippen LogP contribution in [0, 0.1) is 23.7 Å². The Labute approximate surface area is 207 Å². The molecule has 0 aliphatic carbocycles. The number of hydrogen-bond acceptors (Lipinski definition) is 7. The van der Waals surface area contributed by atoms with Gasteiger partial charge in [0.1, 0.15) is 17.3 Å². The fourth-order valence-corrected chi connectivity index (χ4v) is 4.23. The molecule has 2 aliphatic rings. The maximum atomic E-state index is 13.5. The molecule has 192 valence electrons. The Morgan fingerprint density at radius 1 is 1.37 bits per heavy atom. The van der Waals surface area contributed by atoms with Gasteiger partial charge in [0.2, 0.25) is 11.8 Å². The number of aliphatic hydroxyl groups is 2. The van der Waals surface area contributed by atoms with Gasteiger partial charge in [-0.05, 0) is 39.7 Å². The third kappa shape index (κ3) is 6.94. The van der Waals surface area contributed by atoms with Crippen molar-refractivity contribution in [1.82, 2.24) is 14.8 Å². The monoisotopic (exact) mass is 487 g/mol. The molecule has 0 aromatic carbocycles. The Balaban J connectivity index is 1.91. The van der Waals surface area contributed by atoms with Crippen LogP contribution in [0.3, 0.4) is 0 Å². The van der Waals surface area contributed by atoms with Crippen LogP contribution in [-0.4, -0.2) is 94.5 Å². The maximum absolute atomic E-state index is 13.5. The number of carbonyl (C=O) groups is 2. The quantitative estimate of drug-likeness (QED) is 0.602. The van der Waals surface area contributed by atoms with Gasteiger partial charge in [-0.15, -0.1) is 0 Å². The van der Waals surface area contributed by atoms with Crippen LogP contribution < -0.4 is 4.74 Å². The van der Waals surface area contributed by atoms with Crippen molar-refractivity contribution in [3.8, 4) is 17.7 Å². The predicted molar refractivity (Wildman–Crippen MR) is 130 cm³/mol. The molecule has 3 atom stereocenters. The number of fused-ring (bicyclic) bond motifs is 1. The zero-order valence-corrected chi connectivity index (χ0v) is 21.3. The number of nitrogens with zero attached hydrogens (tertiary/aromatic N) is 3. The second-order valence-corrected chi connectivity index (χ2v) is 10.1. The minimum absolute atomic E-state index is 0.0626. The average Bonchev–Trinajstić information content (AvgIpc) is 2.84. The average molecular weight is 488 g/mol. The maximum Gasteiger partial charge on any atom is 0.259 e. The largest absolute Gasteiger partial charge is 0.472 e. The molecule has 0 bridgehead atoms. The van der Waals surface area contributed by atoms with Gasteiger partial charge in [-0.3, -0.25) is 9.59 Å². The summed E-state index contributed by atoms with van der Waals surface area (Å²) in [6, 6.07) is 1.19. The summed E-state index contributed by atoms with van der Waals surface area (Å²) in [7, 11) is 1.77. The van der Waals surface area contributed by atoms with Crippen LogP contribution >= 0.6 is 0 Å². The summed E-state index contributed by atoms with van der Waals surface area (Å²) < 4.78 is 11.6. The highest BCUT2D eigenvalue weighted by atomic mass is 16.5. The minimum atomic E-state index is -1.19. The minimum Gasteiger partial charge on any atom is -0.472 e. The van der Waals surface area contributed by atoms with Crippen molar-refractivity contribution in [2.45, 2.75) is 58.3 Å². The van der Waals surface area contributed by atoms with Gasteiger partial charge in [0, 0.05) is 50.4 Å². The van der Waals surface area contributed by atoms with Gasteiger partial charge in [-0.1, -0.05) is 18.8 Å². The van der Waals surface area contributed by atoms with E-state index >= 15 is 0 Å². The van der Waals surface area contributed by atoms with Crippen molar-refractivity contribution in [2.75, 3.05) is 40.0 Å². The Kier molecular flexibility index (Phi) is 8.75. The molecule has 3 heterocycles. The van der Waals surface area contributed by atoms with E-state index in [0.29, 0.717) is 44.7 Å². The summed E-state index contributed by atoms with van der Waals surface area (Å²) in [6.07, 6.45) is 2.51. The summed E-state index contributed by atoms with van der Waals surface area (Å²) in [4.78, 5) is 34.2. The van der Waals surface area contributed by atoms with Crippen LogP contribution in [0.2, 0.25) is 0 Å². The molecule has 1 aromatic heterocycles. The van der Waals surface area contributed by atoms with Gasteiger partial charge in [0.25, 0.3) is 5.91 Å². The molecule has 2 N–H and O–H groups in total. The summed E-state index contributed by atoms with van der Waals surface area (Å²) in [5.74, 6) is 5.32. The van der Waals surface area contributed by atoms with E-state index in [-0.39, 0.29) is 41.7 Å². The third-order valence-electron chi connectivity index (χ3n) is 6.43. The molecular formula is C26H37N3O6. The molecule has 9 nitrogen and oxygen atoms in total. The molecule has 3 rings (SSSR count). The highest BCUT2D eigenvalue weighted by Gasteiger charge is 2.35. The van der Waals surface area contributed by atoms with Gasteiger partial charge in [-0.2, -0.15) is 0 Å². The van der Waals surface area contributed by atoms with E-state index in [1.54, 1.807) is 43.7 Å². The Morgan fingerprint density at radius 3 is 2.69 bits per heavy atom. The van der Waals surface area contributed by atoms with E-state index in [1.165, 1.54) is 6.20 Å². The molecule has 2 amide bonds. The van der Waals surface area contributed by atoms with Crippen LogP contribution in [0.5, 0.6) is 5.88 Å². The van der Waals surface area contributed by atoms with E-state index in [2.05, 4.69) is 16.8 Å². The smallest absolute Gasteiger partial charge is 0.259 e. The number of amides is 2. The van der Waals surface area contributed by atoms with E-state index in [0.717, 1.165) is 0 Å². The Bertz CT molecular complexity index is 974. The lowest BCUT2D eigenvalue weighted by Gasteiger charge is -2.38. The van der Waals surface area contributed by atoms with Crippen molar-refractivity contribution in [2.24, 2.45) is 11.8 Å². The first-order valence-electron chi connectivity index (χ1n) is 12.2. The van der Waals surface area contributed by atoms with Gasteiger partial charge in [0.15, 0.2) is 0 Å². The molecule has 0 saturated carbocycles. The van der Waals surface area contributed by atoms with Crippen molar-refractivity contribution < 1.29 is 29.3 Å². The van der Waals surface area contributed by atoms with Crippen LogP contribution in [0.25, 0.3) is 0 Å². The van der Waals surface area contributed by atoms with Crippen LogP contribution in [0.15, 0.2) is 12.3 Å². The fraction of sp³-hybridized carbons (Fsp3) is 0.654. The van der Waals surface area contributed by atoms with Gasteiger partial charge < -0.3 is 29.5 Å². The first kappa shape index (κ1) is 26.9. The lowest BCUT2D eigenvalue weighted by molar-refractivity contribution is -0.138. The predicted octanol–water partition coefficient (Wildman–Crippen LogP) is 1.31. The van der Waals surface area contributed by atoms with Gasteiger partial charge in [-0.25, -0.2) is 4.98 Å². The number of hydrogen-bond donors (Lipinski definition) is 2. The second kappa shape index (κ2) is 11.4. The van der Waals surface area contributed by atoms with E-state index in [9.17, 15) is 19.8 Å². The number of aliphatic hydroxyl groups excluding tert-OH is 1. The van der Waals surface area contributed by atoms with Crippen LogP contribution in [-0.2, 0) is 9.53 Å². The van der Waals surface area contributed by atoms with E-state index in [1.807, 2.05) is 6.92 Å². The molecule has 9 heteroatoms. The van der Waals surface area contributed by atoms with Gasteiger partial charge in [0.05, 0.1) is 19.2 Å². The topological polar surface area (TPSA) is 112 Å². The number of ether oxygens (including phenoxy) is 2. The number of likely N-dealkylation sites (N-methyl/N-ethyl adjacent to an activating group) is 1. The molecular weight excluding hydrogens is 450 g/mol. The fourth-order valence-electron chi connectivity index (χ4n) is 4.23. The summed E-state index contributed by atoms with van der Waals surface area (Å²) >= 11 is 0. The summed E-state index contributed by atoms with van der Waals surface area (Å²) in [5, 5.41) is 19.7. The third-order valence-corrected chi connectivity index (χ3v) is 6.43. The molecule has 35 heavy (non-hydrogen) atoms. The first-order valence-corrected chi connectivity index (χ1v) is 12.2. The van der Waals surface area contributed by atoms with Crippen LogP contribution in [0.1, 0.15) is 56.5 Å². The molecule has 1 aromatic rings.